The van der Waals surface area contributed by atoms with Gasteiger partial charge in [-0.2, -0.15) is 0 Å². The van der Waals surface area contributed by atoms with Gasteiger partial charge in [-0.1, -0.05) is 36.4 Å². The molecule has 1 aromatic carbocycles. The van der Waals surface area contributed by atoms with E-state index in [2.05, 4.69) is 45.1 Å². The summed E-state index contributed by atoms with van der Waals surface area (Å²) in [6, 6.07) is 15.8. The molecule has 1 saturated heterocycles. The summed E-state index contributed by atoms with van der Waals surface area (Å²) < 4.78 is 0. The van der Waals surface area contributed by atoms with Crippen molar-refractivity contribution in [3.63, 3.8) is 0 Å². The van der Waals surface area contributed by atoms with Gasteiger partial charge in [0.15, 0.2) is 5.69 Å². The zero-order valence-electron chi connectivity index (χ0n) is 14.6. The number of nitrogens with zero attached hydrogens (tertiary/aromatic N) is 3. The molecule has 1 aliphatic heterocycles. The number of pyridine rings is 1. The Bertz CT molecular complexity index is 697. The summed E-state index contributed by atoms with van der Waals surface area (Å²) in [6.45, 7) is 4.15. The van der Waals surface area contributed by atoms with Gasteiger partial charge in [-0.3, -0.25) is 4.90 Å². The van der Waals surface area contributed by atoms with Gasteiger partial charge in [0.2, 0.25) is 0 Å². The second-order valence-corrected chi connectivity index (χ2v) is 6.77. The van der Waals surface area contributed by atoms with Crippen LogP contribution in [-0.4, -0.2) is 47.6 Å². The number of carboxylic acids is 1. The van der Waals surface area contributed by atoms with Gasteiger partial charge in [-0.25, -0.2) is 9.78 Å². The molecule has 2 heterocycles. The van der Waals surface area contributed by atoms with Gasteiger partial charge in [-0.05, 0) is 49.5 Å². The average molecular weight is 339 g/mol. The molecular weight excluding hydrogens is 314 g/mol. The number of aromatic carboxylic acids is 1. The standard InChI is InChI=1S/C20H25N3O2/c1-22(19-9-5-8-18(21-19)20(24)25)14-17-10-12-23(13-11-17)15-16-6-3-2-4-7-16/h2-9,17H,10-15H2,1H3,(H,24,25). The Balaban J connectivity index is 1.50. The number of hydrogen-bond acceptors (Lipinski definition) is 4. The Morgan fingerprint density at radius 3 is 2.56 bits per heavy atom. The van der Waals surface area contributed by atoms with Crippen LogP contribution in [0.3, 0.4) is 0 Å². The van der Waals surface area contributed by atoms with E-state index in [1.807, 2.05) is 13.1 Å². The third-order valence-electron chi connectivity index (χ3n) is 4.83. The number of rotatable bonds is 6. The van der Waals surface area contributed by atoms with Gasteiger partial charge in [0.1, 0.15) is 5.82 Å². The van der Waals surface area contributed by atoms with E-state index >= 15 is 0 Å². The van der Waals surface area contributed by atoms with Crippen molar-refractivity contribution in [1.82, 2.24) is 9.88 Å². The molecule has 1 fully saturated rings. The summed E-state index contributed by atoms with van der Waals surface area (Å²) in [5, 5.41) is 9.08. The van der Waals surface area contributed by atoms with Crippen LogP contribution in [0.25, 0.3) is 0 Å². The lowest BCUT2D eigenvalue weighted by Crippen LogP contribution is -2.37. The quantitative estimate of drug-likeness (QED) is 0.876. The highest BCUT2D eigenvalue weighted by Gasteiger charge is 2.21. The summed E-state index contributed by atoms with van der Waals surface area (Å²) in [7, 11) is 1.99. The lowest BCUT2D eigenvalue weighted by atomic mass is 9.96. The Kier molecular flexibility index (Phi) is 5.66. The van der Waals surface area contributed by atoms with Crippen molar-refractivity contribution >= 4 is 11.8 Å². The van der Waals surface area contributed by atoms with Gasteiger partial charge in [0.25, 0.3) is 0 Å². The topological polar surface area (TPSA) is 56.7 Å². The van der Waals surface area contributed by atoms with E-state index < -0.39 is 5.97 Å². The predicted molar refractivity (Wildman–Crippen MR) is 98.9 cm³/mol. The van der Waals surface area contributed by atoms with Crippen molar-refractivity contribution in [3.05, 3.63) is 59.8 Å². The van der Waals surface area contributed by atoms with Crippen molar-refractivity contribution in [2.75, 3.05) is 31.6 Å². The van der Waals surface area contributed by atoms with Crippen LogP contribution in [0.5, 0.6) is 0 Å². The average Bonchev–Trinajstić information content (AvgIpc) is 2.64. The number of carbonyl (C=O) groups is 1. The minimum absolute atomic E-state index is 0.0991. The molecular formula is C20H25N3O2. The molecule has 5 nitrogen and oxygen atoms in total. The fourth-order valence-electron chi connectivity index (χ4n) is 3.40. The maximum absolute atomic E-state index is 11.1. The number of aromatic nitrogens is 1. The molecule has 1 N–H and O–H groups in total. The van der Waals surface area contributed by atoms with Crippen LogP contribution in [0.15, 0.2) is 48.5 Å². The zero-order valence-corrected chi connectivity index (χ0v) is 14.6. The normalized spacial score (nSPS) is 15.9. The second-order valence-electron chi connectivity index (χ2n) is 6.77. The highest BCUT2D eigenvalue weighted by atomic mass is 16.4. The minimum Gasteiger partial charge on any atom is -0.477 e. The first-order valence-corrected chi connectivity index (χ1v) is 8.79. The summed E-state index contributed by atoms with van der Waals surface area (Å²) in [5.41, 5.74) is 1.47. The molecule has 0 atom stereocenters. The van der Waals surface area contributed by atoms with Crippen LogP contribution in [0, 0.1) is 5.92 Å². The van der Waals surface area contributed by atoms with Gasteiger partial charge in [-0.15, -0.1) is 0 Å². The van der Waals surface area contributed by atoms with Gasteiger partial charge in [0, 0.05) is 20.1 Å². The fraction of sp³-hybridized carbons (Fsp3) is 0.400. The molecule has 0 bridgehead atoms. The maximum atomic E-state index is 11.1. The first-order valence-electron chi connectivity index (χ1n) is 8.79. The van der Waals surface area contributed by atoms with Crippen LogP contribution in [0.1, 0.15) is 28.9 Å². The SMILES string of the molecule is CN(CC1CCN(Cc2ccccc2)CC1)c1cccc(C(=O)O)n1. The highest BCUT2D eigenvalue weighted by molar-refractivity contribution is 5.85. The highest BCUT2D eigenvalue weighted by Crippen LogP contribution is 2.21. The predicted octanol–water partition coefficient (Wildman–Crippen LogP) is 3.13. The summed E-state index contributed by atoms with van der Waals surface area (Å²) in [5.74, 6) is 0.364. The Morgan fingerprint density at radius 1 is 1.16 bits per heavy atom. The lowest BCUT2D eigenvalue weighted by Gasteiger charge is -2.34. The molecule has 5 heteroatoms. The maximum Gasteiger partial charge on any atom is 0.354 e. The smallest absolute Gasteiger partial charge is 0.354 e. The van der Waals surface area contributed by atoms with Crippen molar-refractivity contribution in [3.8, 4) is 0 Å². The third-order valence-corrected chi connectivity index (χ3v) is 4.83. The van der Waals surface area contributed by atoms with Crippen LogP contribution >= 0.6 is 0 Å². The Morgan fingerprint density at radius 2 is 1.88 bits per heavy atom. The van der Waals surface area contributed by atoms with E-state index in [0.29, 0.717) is 5.92 Å². The Hall–Kier alpha value is -2.40. The molecule has 0 radical (unpaired) electrons. The lowest BCUT2D eigenvalue weighted by molar-refractivity contribution is 0.0690. The molecule has 25 heavy (non-hydrogen) atoms. The van der Waals surface area contributed by atoms with Crippen LogP contribution in [0.2, 0.25) is 0 Å². The molecule has 1 aliphatic rings. The van der Waals surface area contributed by atoms with Gasteiger partial charge in [0.05, 0.1) is 0 Å². The monoisotopic (exact) mass is 339 g/mol. The third kappa shape index (κ3) is 4.79. The molecule has 0 aliphatic carbocycles. The molecule has 0 spiro atoms. The minimum atomic E-state index is -0.982. The van der Waals surface area contributed by atoms with E-state index in [1.54, 1.807) is 6.07 Å². The summed E-state index contributed by atoms with van der Waals surface area (Å²) in [6.07, 6.45) is 2.32. The van der Waals surface area contributed by atoms with E-state index in [-0.39, 0.29) is 5.69 Å². The van der Waals surface area contributed by atoms with Gasteiger partial charge >= 0.3 is 5.97 Å². The zero-order chi connectivity index (χ0) is 17.6. The number of benzene rings is 1. The van der Waals surface area contributed by atoms with Crippen LogP contribution in [0.4, 0.5) is 5.82 Å². The largest absolute Gasteiger partial charge is 0.477 e. The first-order chi connectivity index (χ1) is 12.1. The molecule has 2 aromatic rings. The van der Waals surface area contributed by atoms with Crippen LogP contribution in [-0.2, 0) is 6.54 Å². The van der Waals surface area contributed by atoms with Crippen molar-refractivity contribution < 1.29 is 9.90 Å². The van der Waals surface area contributed by atoms with E-state index in [4.69, 9.17) is 5.11 Å². The molecule has 1 aromatic heterocycles. The van der Waals surface area contributed by atoms with E-state index in [9.17, 15) is 4.79 Å². The number of piperidine rings is 1. The van der Waals surface area contributed by atoms with Crippen molar-refractivity contribution in [2.45, 2.75) is 19.4 Å². The molecule has 0 amide bonds. The summed E-state index contributed by atoms with van der Waals surface area (Å²) in [4.78, 5) is 19.9. The number of anilines is 1. The summed E-state index contributed by atoms with van der Waals surface area (Å²) >= 11 is 0. The first kappa shape index (κ1) is 17.4. The number of carboxylic acid groups (broad SMARTS) is 1. The fourth-order valence-corrected chi connectivity index (χ4v) is 3.40. The molecule has 3 rings (SSSR count). The molecule has 0 unspecified atom stereocenters. The van der Waals surface area contributed by atoms with Crippen molar-refractivity contribution in [1.29, 1.82) is 0 Å². The number of hydrogen-bond donors (Lipinski definition) is 1. The molecule has 0 saturated carbocycles. The van der Waals surface area contributed by atoms with E-state index in [1.165, 1.54) is 11.6 Å². The number of likely N-dealkylation sites (tertiary alicyclic amines) is 1. The Labute approximate surface area is 148 Å². The van der Waals surface area contributed by atoms with Crippen LogP contribution < -0.4 is 4.90 Å². The van der Waals surface area contributed by atoms with Gasteiger partial charge < -0.3 is 10.0 Å². The molecule has 132 valence electrons. The van der Waals surface area contributed by atoms with E-state index in [0.717, 1.165) is 44.8 Å². The second kappa shape index (κ2) is 8.12. The van der Waals surface area contributed by atoms with Crippen molar-refractivity contribution in [2.24, 2.45) is 5.92 Å².